The third-order valence-corrected chi connectivity index (χ3v) is 1.52. The minimum atomic E-state index is 0.206. The normalized spacial score (nSPS) is 16.7. The predicted molar refractivity (Wildman–Crippen MR) is 50.1 cm³/mol. The lowest BCUT2D eigenvalue weighted by Gasteiger charge is -2.17. The summed E-state index contributed by atoms with van der Waals surface area (Å²) >= 11 is 0. The summed E-state index contributed by atoms with van der Waals surface area (Å²) in [5, 5.41) is 11.2. The lowest BCUT2D eigenvalue weighted by atomic mass is 10.2. The van der Waals surface area contributed by atoms with Crippen molar-refractivity contribution in [3.63, 3.8) is 0 Å². The molecule has 0 amide bonds. The summed E-state index contributed by atoms with van der Waals surface area (Å²) < 4.78 is 0. The van der Waals surface area contributed by atoms with E-state index in [1.165, 1.54) is 0 Å². The van der Waals surface area contributed by atoms with Gasteiger partial charge in [0.15, 0.2) is 0 Å². The van der Waals surface area contributed by atoms with Crippen LogP contribution in [0.4, 0.5) is 0 Å². The van der Waals surface area contributed by atoms with Crippen LogP contribution in [-0.2, 0) is 0 Å². The Morgan fingerprint density at radius 1 is 1.17 bits per heavy atom. The fourth-order valence-corrected chi connectivity index (χ4v) is 0.565. The zero-order chi connectivity index (χ0) is 9.40. The number of nitrogens with one attached hydrogen (secondary N) is 2. The maximum Gasteiger partial charge on any atom is 0.0643 e. The summed E-state index contributed by atoms with van der Waals surface area (Å²) in [6, 6.07) is 0.434. The summed E-state index contributed by atoms with van der Waals surface area (Å²) in [6.45, 7) is 5.90. The predicted octanol–water partition coefficient (Wildman–Crippen LogP) is 0.945. The highest BCUT2D eigenvalue weighted by atomic mass is 15.4. The molecule has 0 heterocycles. The van der Waals surface area contributed by atoms with Crippen molar-refractivity contribution in [1.29, 1.82) is 0 Å². The van der Waals surface area contributed by atoms with Gasteiger partial charge in [-0.1, -0.05) is 5.22 Å². The van der Waals surface area contributed by atoms with Gasteiger partial charge in [0, 0.05) is 6.21 Å². The maximum absolute atomic E-state index is 3.91. The van der Waals surface area contributed by atoms with E-state index in [1.807, 2.05) is 20.8 Å². The molecule has 70 valence electrons. The Balaban J connectivity index is 3.67. The number of rotatable bonds is 5. The highest BCUT2D eigenvalue weighted by Gasteiger charge is 2.08. The van der Waals surface area contributed by atoms with E-state index in [0.29, 0.717) is 0 Å². The lowest BCUT2D eigenvalue weighted by Crippen LogP contribution is -2.39. The van der Waals surface area contributed by atoms with Crippen molar-refractivity contribution >= 4 is 6.21 Å². The molecule has 0 aliphatic heterocycles. The second-order valence-electron chi connectivity index (χ2n) is 2.52. The third-order valence-electron chi connectivity index (χ3n) is 1.52. The van der Waals surface area contributed by atoms with E-state index >= 15 is 0 Å². The fourth-order valence-electron chi connectivity index (χ4n) is 0.565. The van der Waals surface area contributed by atoms with Gasteiger partial charge in [-0.15, -0.1) is 0 Å². The SMILES string of the molecule is C/C=N\N[C@H](C)C(C)NN=NC. The molecule has 0 aromatic carbocycles. The van der Waals surface area contributed by atoms with Gasteiger partial charge in [-0.3, -0.25) is 5.43 Å². The van der Waals surface area contributed by atoms with Crippen LogP contribution < -0.4 is 10.9 Å². The zero-order valence-corrected chi connectivity index (χ0v) is 8.07. The van der Waals surface area contributed by atoms with Crippen LogP contribution in [0.5, 0.6) is 0 Å². The largest absolute Gasteiger partial charge is 0.306 e. The Morgan fingerprint density at radius 3 is 2.25 bits per heavy atom. The highest BCUT2D eigenvalue weighted by Crippen LogP contribution is 1.90. The Kier molecular flexibility index (Phi) is 5.95. The molecule has 2 N–H and O–H groups in total. The van der Waals surface area contributed by atoms with Gasteiger partial charge in [-0.05, 0) is 20.8 Å². The molecule has 5 nitrogen and oxygen atoms in total. The van der Waals surface area contributed by atoms with Crippen LogP contribution in [0.25, 0.3) is 0 Å². The van der Waals surface area contributed by atoms with Crippen molar-refractivity contribution in [1.82, 2.24) is 10.9 Å². The van der Waals surface area contributed by atoms with Gasteiger partial charge < -0.3 is 5.43 Å². The number of hydrogen-bond acceptors (Lipinski definition) is 4. The van der Waals surface area contributed by atoms with Crippen LogP contribution in [0, 0.1) is 0 Å². The molecule has 0 saturated heterocycles. The van der Waals surface area contributed by atoms with Gasteiger partial charge in [0.05, 0.1) is 19.1 Å². The maximum atomic E-state index is 3.91. The number of nitrogens with zero attached hydrogens (tertiary/aromatic N) is 3. The summed E-state index contributed by atoms with van der Waals surface area (Å²) in [5.74, 6) is 0. The third kappa shape index (κ3) is 4.65. The molecule has 0 spiro atoms. The quantitative estimate of drug-likeness (QED) is 0.367. The van der Waals surface area contributed by atoms with Gasteiger partial charge in [-0.2, -0.15) is 10.2 Å². The van der Waals surface area contributed by atoms with E-state index in [9.17, 15) is 0 Å². The van der Waals surface area contributed by atoms with E-state index in [2.05, 4.69) is 26.3 Å². The van der Waals surface area contributed by atoms with Gasteiger partial charge >= 0.3 is 0 Å². The van der Waals surface area contributed by atoms with Crippen molar-refractivity contribution in [3.8, 4) is 0 Å². The first kappa shape index (κ1) is 10.9. The molecular weight excluding hydrogens is 154 g/mol. The molecule has 1 unspecified atom stereocenters. The topological polar surface area (TPSA) is 61.1 Å². The molecule has 0 rings (SSSR count). The Hall–Kier alpha value is -1.13. The Labute approximate surface area is 73.3 Å². The van der Waals surface area contributed by atoms with Crippen molar-refractivity contribution in [2.24, 2.45) is 15.4 Å². The van der Waals surface area contributed by atoms with Crippen molar-refractivity contribution in [3.05, 3.63) is 0 Å². The van der Waals surface area contributed by atoms with Crippen molar-refractivity contribution in [2.75, 3.05) is 7.05 Å². The van der Waals surface area contributed by atoms with E-state index in [1.54, 1.807) is 13.3 Å². The standard InChI is InChI=1S/C7H17N5/c1-5-9-10-6(2)7(3)11-12-8-4/h5-7,10H,1-4H3,(H,8,11)/b9-5-/t6-,7?/m1/s1. The molecule has 0 radical (unpaired) electrons. The number of hydrazone groups is 1. The van der Waals surface area contributed by atoms with Gasteiger partial charge in [0.2, 0.25) is 0 Å². The summed E-state index contributed by atoms with van der Waals surface area (Å²) in [6.07, 6.45) is 1.71. The van der Waals surface area contributed by atoms with Crippen LogP contribution in [-0.4, -0.2) is 25.3 Å². The van der Waals surface area contributed by atoms with Gasteiger partial charge in [0.1, 0.15) is 0 Å². The van der Waals surface area contributed by atoms with Crippen LogP contribution in [0.2, 0.25) is 0 Å². The second kappa shape index (κ2) is 6.57. The molecule has 2 atom stereocenters. The minimum absolute atomic E-state index is 0.206. The van der Waals surface area contributed by atoms with Crippen molar-refractivity contribution in [2.45, 2.75) is 32.9 Å². The Morgan fingerprint density at radius 2 is 1.75 bits per heavy atom. The van der Waals surface area contributed by atoms with Crippen LogP contribution in [0.3, 0.4) is 0 Å². The molecule has 5 heteroatoms. The van der Waals surface area contributed by atoms with Gasteiger partial charge in [0.25, 0.3) is 0 Å². The highest BCUT2D eigenvalue weighted by molar-refractivity contribution is 5.52. The first-order valence-electron chi connectivity index (χ1n) is 4.00. The monoisotopic (exact) mass is 171 g/mol. The first-order chi connectivity index (χ1) is 5.72. The molecule has 12 heavy (non-hydrogen) atoms. The van der Waals surface area contributed by atoms with E-state index in [0.717, 1.165) is 0 Å². The summed E-state index contributed by atoms with van der Waals surface area (Å²) in [4.78, 5) is 0. The van der Waals surface area contributed by atoms with E-state index < -0.39 is 0 Å². The van der Waals surface area contributed by atoms with E-state index in [4.69, 9.17) is 0 Å². The summed E-state index contributed by atoms with van der Waals surface area (Å²) in [5.41, 5.74) is 5.81. The average Bonchev–Trinajstić information content (AvgIpc) is 2.10. The van der Waals surface area contributed by atoms with Crippen LogP contribution >= 0.6 is 0 Å². The average molecular weight is 171 g/mol. The van der Waals surface area contributed by atoms with Crippen LogP contribution in [0.15, 0.2) is 15.4 Å². The van der Waals surface area contributed by atoms with E-state index in [-0.39, 0.29) is 12.1 Å². The molecule has 0 saturated carbocycles. The van der Waals surface area contributed by atoms with Crippen LogP contribution in [0.1, 0.15) is 20.8 Å². The Bertz CT molecular complexity index is 136. The molecule has 0 bridgehead atoms. The van der Waals surface area contributed by atoms with Gasteiger partial charge in [-0.25, -0.2) is 0 Å². The smallest absolute Gasteiger partial charge is 0.0643 e. The molecule has 0 fully saturated rings. The second-order valence-corrected chi connectivity index (χ2v) is 2.52. The fraction of sp³-hybridized carbons (Fsp3) is 0.857. The molecule has 0 aromatic heterocycles. The number of hydrogen-bond donors (Lipinski definition) is 2. The zero-order valence-electron chi connectivity index (χ0n) is 8.07. The molecule has 0 aliphatic carbocycles. The molecule has 0 aromatic rings. The minimum Gasteiger partial charge on any atom is -0.306 e. The first-order valence-corrected chi connectivity index (χ1v) is 4.00. The molecule has 0 aliphatic rings. The summed E-state index contributed by atoms with van der Waals surface area (Å²) in [7, 11) is 1.63. The van der Waals surface area contributed by atoms with Crippen molar-refractivity contribution < 1.29 is 0 Å². The molecular formula is C7H17N5. The lowest BCUT2D eigenvalue weighted by molar-refractivity contribution is 0.417.